The average Bonchev–Trinajstić information content (AvgIpc) is 2.15. The van der Waals surface area contributed by atoms with E-state index in [2.05, 4.69) is 4.18 Å². The number of nitrogens with zero attached hydrogens (tertiary/aromatic N) is 1. The van der Waals surface area contributed by atoms with Gasteiger partial charge in [0.15, 0.2) is 0 Å². The molecule has 0 atom stereocenters. The minimum absolute atomic E-state index is 0.191. The van der Waals surface area contributed by atoms with Gasteiger partial charge in [-0.25, -0.2) is 12.7 Å². The normalized spacial score (nSPS) is 12.7. The van der Waals surface area contributed by atoms with Crippen molar-refractivity contribution >= 4 is 20.5 Å². The van der Waals surface area contributed by atoms with Gasteiger partial charge in [-0.05, 0) is 12.1 Å². The number of rotatable bonds is 4. The molecule has 0 saturated heterocycles. The largest absolute Gasteiger partial charge is 0.488 e. The maximum atomic E-state index is 12.3. The molecule has 9 heteroatoms. The van der Waals surface area contributed by atoms with Crippen molar-refractivity contribution in [1.82, 2.24) is 4.31 Å². The van der Waals surface area contributed by atoms with Gasteiger partial charge in [-0.2, -0.15) is 8.42 Å². The summed E-state index contributed by atoms with van der Waals surface area (Å²) in [6, 6.07) is 4.54. The van der Waals surface area contributed by atoms with Crippen LogP contribution >= 0.6 is 0 Å². The zero-order valence-electron chi connectivity index (χ0n) is 8.99. The van der Waals surface area contributed by atoms with Gasteiger partial charge in [0.2, 0.25) is 10.0 Å². The van der Waals surface area contributed by atoms with Gasteiger partial charge >= 0.3 is 10.5 Å². The summed E-state index contributed by atoms with van der Waals surface area (Å²) in [7, 11) is -6.26. The zero-order chi connectivity index (χ0) is 13.3. The second kappa shape index (κ2) is 4.59. The lowest BCUT2D eigenvalue weighted by Gasteiger charge is -2.11. The summed E-state index contributed by atoms with van der Waals surface area (Å²) < 4.78 is 61.0. The third-order valence-electron chi connectivity index (χ3n) is 1.78. The van der Waals surface area contributed by atoms with E-state index in [4.69, 9.17) is 0 Å². The van der Waals surface area contributed by atoms with Gasteiger partial charge in [-0.15, -0.1) is 0 Å². The predicted molar refractivity (Wildman–Crippen MR) is 58.0 cm³/mol. The van der Waals surface area contributed by atoms with Crippen LogP contribution in [0.25, 0.3) is 0 Å². The van der Waals surface area contributed by atoms with E-state index < -0.39 is 26.3 Å². The Morgan fingerprint density at radius 2 is 1.76 bits per heavy atom. The summed E-state index contributed by atoms with van der Waals surface area (Å²) in [5.41, 5.74) is 0. The Morgan fingerprint density at radius 3 is 2.24 bits per heavy atom. The zero-order valence-corrected chi connectivity index (χ0v) is 10.6. The average molecular weight is 283 g/mol. The van der Waals surface area contributed by atoms with Gasteiger partial charge in [0.05, 0.1) is 4.90 Å². The Morgan fingerprint density at radius 1 is 1.18 bits per heavy atom. The van der Waals surface area contributed by atoms with Crippen molar-refractivity contribution in [2.75, 3.05) is 14.1 Å². The first-order chi connectivity index (χ1) is 7.63. The molecular formula is C8H10FNO5S2. The first-order valence-electron chi connectivity index (χ1n) is 4.29. The smallest absolute Gasteiger partial charge is 0.358 e. The van der Waals surface area contributed by atoms with Gasteiger partial charge < -0.3 is 4.18 Å². The number of halogens is 1. The molecule has 0 aliphatic carbocycles. The Bertz CT molecular complexity index is 609. The molecule has 0 fully saturated rings. The summed E-state index contributed by atoms with van der Waals surface area (Å²) in [4.78, 5) is -0.191. The van der Waals surface area contributed by atoms with Crippen LogP contribution in [0.3, 0.4) is 0 Å². The molecule has 1 rings (SSSR count). The Balaban J connectivity index is 3.20. The molecule has 0 aliphatic heterocycles. The molecule has 0 saturated carbocycles. The maximum Gasteiger partial charge on any atom is 0.488 e. The fourth-order valence-corrected chi connectivity index (χ4v) is 2.28. The first kappa shape index (κ1) is 13.9. The van der Waals surface area contributed by atoms with E-state index in [1.807, 2.05) is 0 Å². The monoisotopic (exact) mass is 283 g/mol. The standard InChI is InChI=1S/C8H10FNO5S2/c1-10(2)16(11,12)8-5-3-4-7(6-8)15-17(9,13)14/h3-6H,1-2H3. The Labute approximate surface area is 99.1 Å². The van der Waals surface area contributed by atoms with Crippen LogP contribution in [-0.2, 0) is 20.5 Å². The van der Waals surface area contributed by atoms with Crippen LogP contribution in [-0.4, -0.2) is 35.2 Å². The minimum Gasteiger partial charge on any atom is -0.358 e. The van der Waals surface area contributed by atoms with Crippen LogP contribution in [0.4, 0.5) is 3.89 Å². The molecule has 6 nitrogen and oxygen atoms in total. The van der Waals surface area contributed by atoms with E-state index in [1.54, 1.807) is 0 Å². The van der Waals surface area contributed by atoms with Crippen LogP contribution in [0, 0.1) is 0 Å². The maximum absolute atomic E-state index is 12.3. The van der Waals surface area contributed by atoms with Gasteiger partial charge in [0.1, 0.15) is 5.75 Å². The molecule has 17 heavy (non-hydrogen) atoms. The molecule has 0 aromatic heterocycles. The summed E-state index contributed by atoms with van der Waals surface area (Å²) >= 11 is 0. The summed E-state index contributed by atoms with van der Waals surface area (Å²) in [5, 5.41) is 0. The quantitative estimate of drug-likeness (QED) is 0.753. The van der Waals surface area contributed by atoms with Crippen molar-refractivity contribution in [2.45, 2.75) is 4.90 Å². The van der Waals surface area contributed by atoms with Gasteiger partial charge in [-0.1, -0.05) is 9.95 Å². The topological polar surface area (TPSA) is 80.8 Å². The van der Waals surface area contributed by atoms with Crippen LogP contribution in [0.5, 0.6) is 5.75 Å². The number of hydrogen-bond donors (Lipinski definition) is 0. The molecule has 1 aromatic rings. The molecule has 0 heterocycles. The molecule has 0 bridgehead atoms. The highest BCUT2D eigenvalue weighted by Gasteiger charge is 2.19. The van der Waals surface area contributed by atoms with E-state index in [-0.39, 0.29) is 4.90 Å². The Kier molecular flexibility index (Phi) is 3.74. The second-order valence-corrected chi connectivity index (χ2v) is 6.34. The highest BCUT2D eigenvalue weighted by Crippen LogP contribution is 2.20. The third-order valence-corrected chi connectivity index (χ3v) is 3.98. The fourth-order valence-electron chi connectivity index (χ4n) is 1.01. The Hall–Kier alpha value is -1.19. The van der Waals surface area contributed by atoms with Gasteiger partial charge in [0.25, 0.3) is 0 Å². The SMILES string of the molecule is CN(C)S(=O)(=O)c1cccc(OS(=O)(=O)F)c1. The summed E-state index contributed by atoms with van der Waals surface area (Å²) in [5.74, 6) is -0.407. The summed E-state index contributed by atoms with van der Waals surface area (Å²) in [6.45, 7) is 0. The van der Waals surface area contributed by atoms with E-state index >= 15 is 0 Å². The molecular weight excluding hydrogens is 273 g/mol. The highest BCUT2D eigenvalue weighted by molar-refractivity contribution is 7.89. The number of sulfonamides is 1. The van der Waals surface area contributed by atoms with E-state index in [1.165, 1.54) is 26.2 Å². The minimum atomic E-state index is -5.17. The molecule has 0 unspecified atom stereocenters. The molecule has 0 radical (unpaired) electrons. The number of hydrogen-bond acceptors (Lipinski definition) is 5. The van der Waals surface area contributed by atoms with E-state index in [0.717, 1.165) is 16.4 Å². The van der Waals surface area contributed by atoms with Crippen molar-refractivity contribution in [3.63, 3.8) is 0 Å². The molecule has 0 aliphatic rings. The molecule has 0 spiro atoms. The van der Waals surface area contributed by atoms with E-state index in [0.29, 0.717) is 0 Å². The lowest BCUT2D eigenvalue weighted by Crippen LogP contribution is -2.22. The highest BCUT2D eigenvalue weighted by atomic mass is 32.3. The van der Waals surface area contributed by atoms with Gasteiger partial charge in [-0.3, -0.25) is 0 Å². The molecule has 1 aromatic carbocycles. The van der Waals surface area contributed by atoms with Gasteiger partial charge in [0, 0.05) is 20.2 Å². The van der Waals surface area contributed by atoms with Crippen molar-refractivity contribution in [2.24, 2.45) is 0 Å². The van der Waals surface area contributed by atoms with Crippen molar-refractivity contribution < 1.29 is 24.9 Å². The van der Waals surface area contributed by atoms with Crippen LogP contribution < -0.4 is 4.18 Å². The van der Waals surface area contributed by atoms with E-state index in [9.17, 15) is 20.7 Å². The summed E-state index contributed by atoms with van der Waals surface area (Å²) in [6.07, 6.45) is 0. The van der Waals surface area contributed by atoms with Crippen LogP contribution in [0.1, 0.15) is 0 Å². The fraction of sp³-hybridized carbons (Fsp3) is 0.250. The molecule has 0 N–H and O–H groups in total. The van der Waals surface area contributed by atoms with Crippen LogP contribution in [0.15, 0.2) is 29.2 Å². The lowest BCUT2D eigenvalue weighted by atomic mass is 10.3. The third kappa shape index (κ3) is 3.65. The molecule has 0 amide bonds. The van der Waals surface area contributed by atoms with Crippen LogP contribution in [0.2, 0.25) is 0 Å². The van der Waals surface area contributed by atoms with Crippen molar-refractivity contribution in [3.8, 4) is 5.75 Å². The number of benzene rings is 1. The van der Waals surface area contributed by atoms with Crippen molar-refractivity contribution in [3.05, 3.63) is 24.3 Å². The molecule has 96 valence electrons. The first-order valence-corrected chi connectivity index (χ1v) is 7.04. The lowest BCUT2D eigenvalue weighted by molar-refractivity contribution is 0.439. The predicted octanol–water partition coefficient (Wildman–Crippen LogP) is 0.530. The van der Waals surface area contributed by atoms with Crippen molar-refractivity contribution in [1.29, 1.82) is 0 Å². The second-order valence-electron chi connectivity index (χ2n) is 3.24.